The van der Waals surface area contributed by atoms with Crippen LogP contribution in [-0.2, 0) is 54.2 Å². The van der Waals surface area contributed by atoms with E-state index in [1.165, 1.54) is 6.07 Å². The maximum absolute atomic E-state index is 11.0. The van der Waals surface area contributed by atoms with Crippen LogP contribution in [0.5, 0.6) is 0 Å². The van der Waals surface area contributed by atoms with Gasteiger partial charge in [-0.25, -0.2) is 40.7 Å². The van der Waals surface area contributed by atoms with Crippen molar-refractivity contribution < 1.29 is 64.5 Å². The highest BCUT2D eigenvalue weighted by molar-refractivity contribution is 7.89. The first-order valence-corrected chi connectivity index (χ1v) is 26.9. The Balaban J connectivity index is -0.000000388. The number of sulfonamides is 2. The highest BCUT2D eigenvalue weighted by Crippen LogP contribution is 2.25. The Kier molecular flexibility index (Phi) is 31.3. The minimum Gasteiger partial charge on any atom is -0.435 e. The Morgan fingerprint density at radius 1 is 0.720 bits per heavy atom. The summed E-state index contributed by atoms with van der Waals surface area (Å²) in [6.45, 7) is 41.4. The first-order valence-electron chi connectivity index (χ1n) is 23.1. The van der Waals surface area contributed by atoms with Gasteiger partial charge in [-0.15, -0.1) is 5.10 Å². The number of hydrogen-bond acceptors (Lipinski definition) is 19. The highest BCUT2D eigenvalue weighted by Gasteiger charge is 2.41. The number of H-pyrrole nitrogens is 1. The molecular formula is C47H89N11O15S2. The van der Waals surface area contributed by atoms with Crippen molar-refractivity contribution in [3.05, 3.63) is 22.2 Å². The maximum atomic E-state index is 11.0. The summed E-state index contributed by atoms with van der Waals surface area (Å²) in [6.07, 6.45) is 0.944. The third kappa shape index (κ3) is 40.9. The van der Waals surface area contributed by atoms with E-state index in [-0.39, 0.29) is 59.0 Å². The average molecular weight is 1110 g/mol. The molecule has 4 aliphatic heterocycles. The minimum atomic E-state index is -3.46. The molecule has 28 heteroatoms. The van der Waals surface area contributed by atoms with Gasteiger partial charge in [-0.1, -0.05) is 137 Å². The Morgan fingerprint density at radius 2 is 1.20 bits per heavy atom. The second kappa shape index (κ2) is 31.1. The molecule has 0 aliphatic carbocycles. The van der Waals surface area contributed by atoms with Crippen molar-refractivity contribution in [1.82, 2.24) is 35.9 Å². The van der Waals surface area contributed by atoms with E-state index in [0.717, 1.165) is 29.9 Å². The van der Waals surface area contributed by atoms with Crippen LogP contribution < -0.4 is 36.3 Å². The molecule has 5 heterocycles. The van der Waals surface area contributed by atoms with Crippen LogP contribution >= 0.6 is 0 Å². The zero-order valence-corrected chi connectivity index (χ0v) is 49.2. The molecule has 75 heavy (non-hydrogen) atoms. The third-order valence-electron chi connectivity index (χ3n) is 7.88. The van der Waals surface area contributed by atoms with Crippen LogP contribution in [0.15, 0.2) is 36.0 Å². The number of aromatic amines is 1. The van der Waals surface area contributed by atoms with Gasteiger partial charge < -0.3 is 24.7 Å². The van der Waals surface area contributed by atoms with Crippen LogP contribution in [0, 0.1) is 27.6 Å². The number of urea groups is 2. The molecule has 2 fully saturated rings. The van der Waals surface area contributed by atoms with Crippen molar-refractivity contribution in [1.29, 1.82) is 0 Å². The fourth-order valence-corrected chi connectivity index (χ4v) is 5.15. The van der Waals surface area contributed by atoms with E-state index >= 15 is 0 Å². The highest BCUT2D eigenvalue weighted by atomic mass is 32.2. The van der Waals surface area contributed by atoms with E-state index in [2.05, 4.69) is 88.1 Å². The molecule has 2 saturated heterocycles. The molecule has 1 aromatic heterocycles. The molecule has 0 spiro atoms. The van der Waals surface area contributed by atoms with E-state index in [4.69, 9.17) is 9.26 Å². The molecule has 4 aliphatic rings. The molecule has 5 rings (SSSR count). The summed E-state index contributed by atoms with van der Waals surface area (Å²) in [6, 6.07) is 0.370. The molecule has 26 nitrogen and oxygen atoms in total. The van der Waals surface area contributed by atoms with Crippen molar-refractivity contribution in [3.63, 3.8) is 0 Å². The largest absolute Gasteiger partial charge is 0.435 e. The van der Waals surface area contributed by atoms with Crippen molar-refractivity contribution in [3.8, 4) is 0 Å². The number of carbonyl (C=O) groups is 7. The molecule has 7 N–H and O–H groups in total. The number of rotatable bonds is 2. The molecule has 8 amide bonds. The molecule has 0 radical (unpaired) electrons. The summed E-state index contributed by atoms with van der Waals surface area (Å²) in [4.78, 5) is 89.1. The van der Waals surface area contributed by atoms with Crippen LogP contribution in [0.2, 0.25) is 0 Å². The van der Waals surface area contributed by atoms with E-state index in [1.54, 1.807) is 46.3 Å². The topological polar surface area (TPSA) is 374 Å². The smallest absolute Gasteiger partial charge is 0.414 e. The van der Waals surface area contributed by atoms with Crippen LogP contribution in [0.25, 0.3) is 0 Å². The van der Waals surface area contributed by atoms with E-state index in [9.17, 15) is 55.2 Å². The first-order chi connectivity index (χ1) is 32.8. The van der Waals surface area contributed by atoms with Crippen LogP contribution in [0.4, 0.5) is 14.4 Å². The monoisotopic (exact) mass is 1110 g/mol. The second-order valence-electron chi connectivity index (χ2n) is 23.6. The molecule has 1 atom stereocenters. The maximum Gasteiger partial charge on any atom is 0.414 e. The molecule has 0 bridgehead atoms. The van der Waals surface area contributed by atoms with Crippen LogP contribution in [0.3, 0.4) is 0 Å². The number of ether oxygens (including phenoxy) is 1. The lowest BCUT2D eigenvalue weighted by molar-refractivity contribution is -0.140. The lowest BCUT2D eigenvalue weighted by Crippen LogP contribution is -2.47. The molecule has 1 unspecified atom stereocenters. The number of imide groups is 2. The Labute approximate surface area is 444 Å². The van der Waals surface area contributed by atoms with Gasteiger partial charge in [0.15, 0.2) is 6.10 Å². The Bertz CT molecular complexity index is 2420. The zero-order chi connectivity index (χ0) is 59.2. The van der Waals surface area contributed by atoms with E-state index < -0.39 is 61.2 Å². The second-order valence-corrected chi connectivity index (χ2v) is 27.1. The number of amides is 8. The van der Waals surface area contributed by atoms with Gasteiger partial charge in [-0.3, -0.25) is 34.5 Å². The molecule has 1 aromatic rings. The number of hydrogen-bond donors (Lipinski definition) is 7. The summed E-state index contributed by atoms with van der Waals surface area (Å²) in [7, 11) is -6.86. The van der Waals surface area contributed by atoms with Gasteiger partial charge in [0, 0.05) is 38.7 Å². The molecule has 0 saturated carbocycles. The summed E-state index contributed by atoms with van der Waals surface area (Å²) >= 11 is 0. The fourth-order valence-electron chi connectivity index (χ4n) is 4.12. The number of oxime groups is 1. The minimum absolute atomic E-state index is 0. The van der Waals surface area contributed by atoms with E-state index in [1.807, 2.05) is 72.4 Å². The van der Waals surface area contributed by atoms with Crippen molar-refractivity contribution in [2.75, 3.05) is 25.6 Å². The number of nitrogens with one attached hydrogen (secondary N) is 7. The SMILES string of the molecule is C.CC(C)(C)C(=O)NS(C)(=O)=O.CC(C)(C)C1=NN=NC1.CC(C)(C)C1=NOC(=O)C1.CC(C)(C)C1OC(=O)NC1=O.CC(C)(C)NC(=O)NS(C)(=O)=O.CC(C)(C)c1cc(=O)[nH]o1.CC(C)C.O=C1CNC(=O)N1. The van der Waals surface area contributed by atoms with Crippen LogP contribution in [0.1, 0.15) is 165 Å². The quantitative estimate of drug-likeness (QED) is 0.124. The zero-order valence-electron chi connectivity index (χ0n) is 47.6. The van der Waals surface area contributed by atoms with Crippen molar-refractivity contribution in [2.45, 2.75) is 176 Å². The Morgan fingerprint density at radius 3 is 1.37 bits per heavy atom. The van der Waals surface area contributed by atoms with Gasteiger partial charge in [0.1, 0.15) is 12.3 Å². The summed E-state index contributed by atoms with van der Waals surface area (Å²) in [5, 5.41) is 25.9. The van der Waals surface area contributed by atoms with Crippen molar-refractivity contribution >= 4 is 73.3 Å². The van der Waals surface area contributed by atoms with Gasteiger partial charge in [0.05, 0.1) is 36.9 Å². The third-order valence-corrected chi connectivity index (χ3v) is 8.99. The van der Waals surface area contributed by atoms with E-state index in [0.29, 0.717) is 18.7 Å². The number of carbonyl (C=O) groups excluding carboxylic acids is 7. The normalized spacial score (nSPS) is 16.0. The fraction of sp³-hybridized carbons (Fsp3) is 0.745. The van der Waals surface area contributed by atoms with Gasteiger partial charge in [0.25, 0.3) is 11.5 Å². The van der Waals surface area contributed by atoms with Crippen LogP contribution in [-0.4, -0.2) is 113 Å². The van der Waals surface area contributed by atoms with Crippen molar-refractivity contribution in [2.24, 2.45) is 48.2 Å². The summed E-state index contributed by atoms with van der Waals surface area (Å²) < 4.78 is 55.5. The molecule has 434 valence electrons. The van der Waals surface area contributed by atoms with Gasteiger partial charge in [-0.2, -0.15) is 10.3 Å². The van der Waals surface area contributed by atoms with Gasteiger partial charge in [0.2, 0.25) is 31.9 Å². The number of alkyl carbamates (subject to hydrolysis) is 1. The summed E-state index contributed by atoms with van der Waals surface area (Å²) in [5.41, 5.74) is 0.327. The number of aromatic nitrogens is 1. The standard InChI is InChI=1S/C7H11NO3.2C7H11NO2.C6H11N3.C6H14N2O3S.C6H13NO3S.C4H10.C3H4N2O2.CH4/c1-7(2,3)4-5(9)8-6(10)11-4;1-7(2,3)5-4-6(9)8-10-5;1-7(2,3)5-4-6(9)10-8-5;1-6(2,3)5-4-7-9-8-5;1-6(2,3)7-5(9)8-12(4,10)11;1-6(2,3)5(8)7-11(4,9)10;1-4(2)3;6-2-1-4-3(7)5-2;/h4H,1-3H3,(H,8,9,10);4H,1-3H3,(H,8,9);4H2,1-3H3;4H2,1-3H3;1-4H3,(H2,7,8,9);1-4H3,(H,7,8);4H,1-3H3;1H2,(H2,4,5,6,7);1H4. The predicted molar refractivity (Wildman–Crippen MR) is 288 cm³/mol. The predicted octanol–water partition coefficient (Wildman–Crippen LogP) is 6.40. The lowest BCUT2D eigenvalue weighted by atomic mass is 9.88. The molecule has 0 aromatic carbocycles. The number of cyclic esters (lactones) is 1. The molecular weight excluding hydrogens is 1020 g/mol. The lowest BCUT2D eigenvalue weighted by Gasteiger charge is -2.21. The van der Waals surface area contributed by atoms with Gasteiger partial charge in [-0.05, 0) is 31.9 Å². The number of nitrogens with zero attached hydrogens (tertiary/aromatic N) is 4. The average Bonchev–Trinajstić information content (AvgIpc) is 3.99. The summed E-state index contributed by atoms with van der Waals surface area (Å²) in [5.74, 6) is 0.190. The first kappa shape index (κ1) is 75.5. The van der Waals surface area contributed by atoms with Gasteiger partial charge >= 0.3 is 24.1 Å². The Hall–Kier alpha value is -6.06.